The Morgan fingerprint density at radius 2 is 1.91 bits per heavy atom. The quantitative estimate of drug-likeness (QED) is 0.510. The molecule has 1 aliphatic heterocycles. The largest absolute Gasteiger partial charge is 0.494 e. The Morgan fingerprint density at radius 1 is 1.18 bits per heavy atom. The minimum Gasteiger partial charge on any atom is -0.494 e. The molecular formula is C25H30FN5O3. The van der Waals surface area contributed by atoms with Crippen LogP contribution in [0.15, 0.2) is 30.3 Å². The van der Waals surface area contributed by atoms with Crippen molar-refractivity contribution in [2.24, 2.45) is 0 Å². The van der Waals surface area contributed by atoms with Crippen molar-refractivity contribution in [2.75, 3.05) is 38.3 Å². The van der Waals surface area contributed by atoms with E-state index in [0.717, 1.165) is 22.6 Å². The van der Waals surface area contributed by atoms with E-state index >= 15 is 0 Å². The first-order valence-electron chi connectivity index (χ1n) is 11.3. The minimum absolute atomic E-state index is 0.112. The molecule has 1 aromatic heterocycles. The van der Waals surface area contributed by atoms with Crippen molar-refractivity contribution in [3.8, 4) is 17.1 Å². The normalized spacial score (nSPS) is 14.4. The lowest BCUT2D eigenvalue weighted by atomic mass is 9.84. The molecule has 3 aromatic rings. The van der Waals surface area contributed by atoms with Gasteiger partial charge in [0.05, 0.1) is 31.6 Å². The molecule has 0 N–H and O–H groups in total. The monoisotopic (exact) mass is 467 g/mol. The Hall–Kier alpha value is -3.33. The summed E-state index contributed by atoms with van der Waals surface area (Å²) in [5.41, 5.74) is 3.15. The number of Topliss-reactive ketones (excluding diaryl/α,β-unsaturated/α-hetero) is 1. The van der Waals surface area contributed by atoms with E-state index < -0.39 is 5.82 Å². The molecule has 180 valence electrons. The number of tetrazole rings is 1. The highest BCUT2D eigenvalue weighted by atomic mass is 19.1. The Kier molecular flexibility index (Phi) is 6.65. The number of carbonyl (C=O) groups excluding carboxylic acids is 1. The number of benzene rings is 2. The highest BCUT2D eigenvalue weighted by molar-refractivity contribution is 5.97. The molecule has 1 fully saturated rings. The number of halogens is 1. The second-order valence-corrected chi connectivity index (χ2v) is 9.48. The number of aromatic nitrogens is 4. The van der Waals surface area contributed by atoms with Crippen LogP contribution in [-0.2, 0) is 16.7 Å². The topological polar surface area (TPSA) is 82.4 Å². The van der Waals surface area contributed by atoms with Crippen molar-refractivity contribution in [1.29, 1.82) is 0 Å². The van der Waals surface area contributed by atoms with Crippen LogP contribution in [0.1, 0.15) is 42.3 Å². The molecule has 2 heterocycles. The lowest BCUT2D eigenvalue weighted by Gasteiger charge is -2.33. The van der Waals surface area contributed by atoms with E-state index in [1.165, 1.54) is 10.9 Å². The first-order valence-corrected chi connectivity index (χ1v) is 11.3. The number of morpholine rings is 1. The second-order valence-electron chi connectivity index (χ2n) is 9.48. The fourth-order valence-electron chi connectivity index (χ4n) is 4.02. The summed E-state index contributed by atoms with van der Waals surface area (Å²) in [6, 6.07) is 8.55. The summed E-state index contributed by atoms with van der Waals surface area (Å²) in [5, 5.41) is 12.2. The molecule has 0 atom stereocenters. The van der Waals surface area contributed by atoms with E-state index in [4.69, 9.17) is 9.47 Å². The predicted octanol–water partition coefficient (Wildman–Crippen LogP) is 3.81. The van der Waals surface area contributed by atoms with E-state index in [9.17, 15) is 9.18 Å². The number of aryl methyl sites for hydroxylation is 1. The van der Waals surface area contributed by atoms with Crippen molar-refractivity contribution in [1.82, 2.24) is 20.2 Å². The van der Waals surface area contributed by atoms with Gasteiger partial charge in [-0.2, -0.15) is 4.80 Å². The SMILES string of the molecule is COc1c(N2CCOCC2)cc(C(=O)Cn2nnc(-c3ccc(C)cc3F)n2)cc1C(C)(C)C. The molecule has 0 radical (unpaired) electrons. The first kappa shape index (κ1) is 23.8. The third-order valence-electron chi connectivity index (χ3n) is 5.86. The van der Waals surface area contributed by atoms with E-state index in [1.807, 2.05) is 19.1 Å². The number of anilines is 1. The smallest absolute Gasteiger partial charge is 0.207 e. The number of ether oxygens (including phenoxy) is 2. The first-order chi connectivity index (χ1) is 16.2. The van der Waals surface area contributed by atoms with Crippen molar-refractivity contribution < 1.29 is 18.7 Å². The second kappa shape index (κ2) is 9.50. The lowest BCUT2D eigenvalue weighted by molar-refractivity contribution is 0.0961. The number of nitrogens with zero attached hydrogens (tertiary/aromatic N) is 5. The Morgan fingerprint density at radius 3 is 2.56 bits per heavy atom. The van der Waals surface area contributed by atoms with Crippen LogP contribution < -0.4 is 9.64 Å². The lowest BCUT2D eigenvalue weighted by Crippen LogP contribution is -2.37. The van der Waals surface area contributed by atoms with Gasteiger partial charge in [0.25, 0.3) is 0 Å². The summed E-state index contributed by atoms with van der Waals surface area (Å²) in [5.74, 6) is 0.313. The van der Waals surface area contributed by atoms with E-state index in [0.29, 0.717) is 31.9 Å². The van der Waals surface area contributed by atoms with Crippen LogP contribution in [0, 0.1) is 12.7 Å². The number of carbonyl (C=O) groups is 1. The Bertz CT molecular complexity index is 1200. The fraction of sp³-hybridized carbons (Fsp3) is 0.440. The van der Waals surface area contributed by atoms with Gasteiger partial charge in [0.1, 0.15) is 18.1 Å². The van der Waals surface area contributed by atoms with Crippen molar-refractivity contribution in [3.63, 3.8) is 0 Å². The van der Waals surface area contributed by atoms with Gasteiger partial charge in [0.2, 0.25) is 5.82 Å². The third-order valence-corrected chi connectivity index (χ3v) is 5.86. The van der Waals surface area contributed by atoms with Gasteiger partial charge in [-0.05, 0) is 47.4 Å². The van der Waals surface area contributed by atoms with Crippen molar-refractivity contribution in [3.05, 3.63) is 52.8 Å². The number of rotatable bonds is 6. The zero-order valence-corrected chi connectivity index (χ0v) is 20.3. The minimum atomic E-state index is -0.425. The number of ketones is 1. The van der Waals surface area contributed by atoms with Gasteiger partial charge >= 0.3 is 0 Å². The molecule has 1 saturated heterocycles. The molecule has 0 spiro atoms. The van der Waals surface area contributed by atoms with Crippen molar-refractivity contribution in [2.45, 2.75) is 39.7 Å². The van der Waals surface area contributed by atoms with Gasteiger partial charge in [-0.1, -0.05) is 26.8 Å². The molecule has 9 heteroatoms. The van der Waals surface area contributed by atoms with Crippen LogP contribution in [0.3, 0.4) is 0 Å². The molecule has 0 amide bonds. The molecule has 8 nitrogen and oxygen atoms in total. The van der Waals surface area contributed by atoms with Crippen LogP contribution in [0.2, 0.25) is 0 Å². The molecule has 1 aliphatic rings. The van der Waals surface area contributed by atoms with Gasteiger partial charge in [-0.3, -0.25) is 4.79 Å². The Balaban J connectivity index is 1.66. The number of hydrogen-bond acceptors (Lipinski definition) is 7. The summed E-state index contributed by atoms with van der Waals surface area (Å²) in [4.78, 5) is 16.7. The molecule has 4 rings (SSSR count). The maximum absolute atomic E-state index is 14.3. The predicted molar refractivity (Wildman–Crippen MR) is 127 cm³/mol. The van der Waals surface area contributed by atoms with Crippen LogP contribution in [-0.4, -0.2) is 59.4 Å². The van der Waals surface area contributed by atoms with E-state index in [2.05, 4.69) is 41.1 Å². The van der Waals surface area contributed by atoms with E-state index in [-0.39, 0.29) is 29.1 Å². The van der Waals surface area contributed by atoms with Gasteiger partial charge in [-0.25, -0.2) is 4.39 Å². The average molecular weight is 468 g/mol. The van der Waals surface area contributed by atoms with E-state index in [1.54, 1.807) is 19.2 Å². The zero-order valence-electron chi connectivity index (χ0n) is 20.3. The average Bonchev–Trinajstić information content (AvgIpc) is 3.26. The summed E-state index contributed by atoms with van der Waals surface area (Å²) in [6.07, 6.45) is 0. The van der Waals surface area contributed by atoms with Crippen LogP contribution in [0.25, 0.3) is 11.4 Å². The number of methoxy groups -OCH3 is 1. The van der Waals surface area contributed by atoms with Crippen LogP contribution in [0.4, 0.5) is 10.1 Å². The molecule has 2 aromatic carbocycles. The van der Waals surface area contributed by atoms with Crippen LogP contribution >= 0.6 is 0 Å². The Labute approximate surface area is 198 Å². The van der Waals surface area contributed by atoms with Gasteiger partial charge in [-0.15, -0.1) is 10.2 Å². The highest BCUT2D eigenvalue weighted by Gasteiger charge is 2.27. The van der Waals surface area contributed by atoms with Crippen LogP contribution in [0.5, 0.6) is 5.75 Å². The molecule has 34 heavy (non-hydrogen) atoms. The third kappa shape index (κ3) is 4.94. The maximum atomic E-state index is 14.3. The summed E-state index contributed by atoms with van der Waals surface area (Å²) < 4.78 is 25.6. The molecule has 0 saturated carbocycles. The fourth-order valence-corrected chi connectivity index (χ4v) is 4.02. The standard InChI is InChI=1S/C25H30FN5O3/c1-16-6-7-18(20(26)12-16)24-27-29-31(28-24)15-22(32)17-13-19(25(2,3)4)23(33-5)21(14-17)30-8-10-34-11-9-30/h6-7,12-14H,8-11,15H2,1-5H3. The maximum Gasteiger partial charge on any atom is 0.207 e. The zero-order chi connectivity index (χ0) is 24.5. The van der Waals surface area contributed by atoms with Gasteiger partial charge < -0.3 is 14.4 Å². The summed E-state index contributed by atoms with van der Waals surface area (Å²) >= 11 is 0. The van der Waals surface area contributed by atoms with Gasteiger partial charge in [0.15, 0.2) is 5.78 Å². The summed E-state index contributed by atoms with van der Waals surface area (Å²) in [6.45, 7) is 10.6. The molecule has 0 aliphatic carbocycles. The molecule has 0 unspecified atom stereocenters. The van der Waals surface area contributed by atoms with Crippen molar-refractivity contribution >= 4 is 11.5 Å². The van der Waals surface area contributed by atoms with Gasteiger partial charge in [0, 0.05) is 24.2 Å². The number of hydrogen-bond donors (Lipinski definition) is 0. The molecule has 0 bridgehead atoms. The summed E-state index contributed by atoms with van der Waals surface area (Å²) in [7, 11) is 1.65. The highest BCUT2D eigenvalue weighted by Crippen LogP contribution is 2.40. The molecular weight excluding hydrogens is 437 g/mol.